The molecule has 0 aliphatic carbocycles. The van der Waals surface area contributed by atoms with Crippen LogP contribution < -0.4 is 15.4 Å². The summed E-state index contributed by atoms with van der Waals surface area (Å²) in [4.78, 5) is 4.44. The maximum absolute atomic E-state index is 12.5. The molecular weight excluding hydrogens is 471 g/mol. The van der Waals surface area contributed by atoms with E-state index in [1.54, 1.807) is 18.2 Å². The lowest BCUT2D eigenvalue weighted by molar-refractivity contribution is -0.0504. The predicted octanol–water partition coefficient (Wildman–Crippen LogP) is 3.16. The number of hydrogen-bond donors (Lipinski definition) is 2. The van der Waals surface area contributed by atoms with Crippen molar-refractivity contribution in [2.24, 2.45) is 4.99 Å². The van der Waals surface area contributed by atoms with Crippen LogP contribution in [0, 0.1) is 0 Å². The number of alkyl halides is 2. The molecule has 2 rings (SSSR count). The number of benzene rings is 1. The fourth-order valence-electron chi connectivity index (χ4n) is 2.52. The molecule has 27 heavy (non-hydrogen) atoms. The lowest BCUT2D eigenvalue weighted by Crippen LogP contribution is -2.38. The van der Waals surface area contributed by atoms with Crippen LogP contribution in [0.5, 0.6) is 5.75 Å². The highest BCUT2D eigenvalue weighted by Crippen LogP contribution is 2.20. The molecule has 0 aromatic heterocycles. The average molecular weight is 499 g/mol. The van der Waals surface area contributed by atoms with E-state index in [0.717, 1.165) is 19.4 Å². The Balaban J connectivity index is 0.00000364. The molecule has 0 amide bonds. The van der Waals surface area contributed by atoms with Crippen molar-refractivity contribution in [3.05, 3.63) is 29.8 Å². The van der Waals surface area contributed by atoms with Crippen molar-refractivity contribution in [1.29, 1.82) is 0 Å². The van der Waals surface area contributed by atoms with Gasteiger partial charge in [0, 0.05) is 31.9 Å². The maximum atomic E-state index is 12.5. The highest BCUT2D eigenvalue weighted by Gasteiger charge is 2.15. The third-order valence-electron chi connectivity index (χ3n) is 3.80. The summed E-state index contributed by atoms with van der Waals surface area (Å²) >= 11 is 0. The molecule has 0 saturated carbocycles. The van der Waals surface area contributed by atoms with E-state index in [-0.39, 0.29) is 42.4 Å². The van der Waals surface area contributed by atoms with E-state index in [1.807, 2.05) is 6.92 Å². The van der Waals surface area contributed by atoms with Gasteiger partial charge in [-0.25, -0.2) is 4.99 Å². The summed E-state index contributed by atoms with van der Waals surface area (Å²) in [7, 11) is 0. The van der Waals surface area contributed by atoms with Crippen LogP contribution in [0.15, 0.2) is 29.3 Å². The number of hydrogen-bond acceptors (Lipinski definition) is 4. The summed E-state index contributed by atoms with van der Waals surface area (Å²) in [5, 5.41) is 6.35. The first kappa shape index (κ1) is 23.8. The molecule has 1 atom stereocenters. The van der Waals surface area contributed by atoms with Crippen molar-refractivity contribution in [2.75, 3.05) is 32.9 Å². The van der Waals surface area contributed by atoms with Gasteiger partial charge in [-0.15, -0.1) is 24.0 Å². The number of para-hydroxylation sites is 1. The van der Waals surface area contributed by atoms with E-state index in [0.29, 0.717) is 37.8 Å². The Morgan fingerprint density at radius 3 is 2.85 bits per heavy atom. The van der Waals surface area contributed by atoms with Crippen molar-refractivity contribution in [2.45, 2.75) is 39.0 Å². The third-order valence-corrected chi connectivity index (χ3v) is 3.80. The van der Waals surface area contributed by atoms with Crippen LogP contribution in [-0.2, 0) is 16.0 Å². The molecule has 6 nitrogen and oxygen atoms in total. The number of ether oxygens (including phenoxy) is 3. The van der Waals surface area contributed by atoms with Gasteiger partial charge in [-0.05, 0) is 25.8 Å². The molecule has 1 aliphatic heterocycles. The average Bonchev–Trinajstić information content (AvgIpc) is 3.13. The summed E-state index contributed by atoms with van der Waals surface area (Å²) in [6.45, 7) is 2.88. The summed E-state index contributed by atoms with van der Waals surface area (Å²) in [6, 6.07) is 6.67. The minimum atomic E-state index is -2.85. The molecule has 1 heterocycles. The second kappa shape index (κ2) is 13.9. The fraction of sp³-hybridized carbons (Fsp3) is 0.611. The molecule has 1 fully saturated rings. The highest BCUT2D eigenvalue weighted by atomic mass is 127. The molecule has 1 saturated heterocycles. The van der Waals surface area contributed by atoms with E-state index in [2.05, 4.69) is 20.4 Å². The largest absolute Gasteiger partial charge is 0.434 e. The number of guanidine groups is 1. The molecule has 1 aromatic carbocycles. The molecule has 9 heteroatoms. The van der Waals surface area contributed by atoms with Crippen molar-refractivity contribution in [3.63, 3.8) is 0 Å². The quantitative estimate of drug-likeness (QED) is 0.224. The van der Waals surface area contributed by atoms with Gasteiger partial charge in [0.15, 0.2) is 5.96 Å². The Bertz CT molecular complexity index is 558. The number of rotatable bonds is 10. The first-order valence-electron chi connectivity index (χ1n) is 8.93. The van der Waals surface area contributed by atoms with Crippen molar-refractivity contribution in [1.82, 2.24) is 10.6 Å². The minimum absolute atomic E-state index is 0. The Hall–Kier alpha value is -1.20. The van der Waals surface area contributed by atoms with Crippen LogP contribution in [0.1, 0.15) is 25.3 Å². The van der Waals surface area contributed by atoms with E-state index in [4.69, 9.17) is 9.47 Å². The molecule has 1 aromatic rings. The lowest BCUT2D eigenvalue weighted by Gasteiger charge is -2.13. The van der Waals surface area contributed by atoms with Gasteiger partial charge in [-0.3, -0.25) is 0 Å². The second-order valence-electron chi connectivity index (χ2n) is 5.82. The van der Waals surface area contributed by atoms with E-state index in [1.165, 1.54) is 6.07 Å². The number of nitrogens with zero attached hydrogens (tertiary/aromatic N) is 1. The lowest BCUT2D eigenvalue weighted by atomic mass is 10.2. The summed E-state index contributed by atoms with van der Waals surface area (Å²) in [5.74, 6) is 0.776. The van der Waals surface area contributed by atoms with Gasteiger partial charge in [-0.1, -0.05) is 18.2 Å². The third kappa shape index (κ3) is 9.52. The van der Waals surface area contributed by atoms with Crippen molar-refractivity contribution in [3.8, 4) is 5.75 Å². The smallest absolute Gasteiger partial charge is 0.387 e. The van der Waals surface area contributed by atoms with Crippen LogP contribution in [0.4, 0.5) is 8.78 Å². The maximum Gasteiger partial charge on any atom is 0.387 e. The zero-order chi connectivity index (χ0) is 18.6. The van der Waals surface area contributed by atoms with Gasteiger partial charge in [-0.2, -0.15) is 8.78 Å². The second-order valence-corrected chi connectivity index (χ2v) is 5.82. The predicted molar refractivity (Wildman–Crippen MR) is 111 cm³/mol. The molecule has 0 bridgehead atoms. The first-order chi connectivity index (χ1) is 12.7. The Labute approximate surface area is 176 Å². The van der Waals surface area contributed by atoms with Crippen LogP contribution in [-0.4, -0.2) is 51.6 Å². The Morgan fingerprint density at radius 2 is 2.15 bits per heavy atom. The number of aliphatic imine (C=N–C) groups is 1. The molecule has 0 radical (unpaired) electrons. The standard InChI is InChI=1S/C18H27F2N3O3.HI/c1-2-21-18(22-9-5-10-25-15-8-11-24-13-15)23-12-14-6-3-4-7-16(14)26-17(19)20;/h3-4,6-7,15,17H,2,5,8-13H2,1H3,(H2,21,22,23);1H. The molecule has 2 N–H and O–H groups in total. The summed E-state index contributed by atoms with van der Waals surface area (Å²) in [5.41, 5.74) is 0.606. The molecule has 0 spiro atoms. The van der Waals surface area contributed by atoms with Crippen molar-refractivity contribution >= 4 is 29.9 Å². The molecule has 1 unspecified atom stereocenters. The minimum Gasteiger partial charge on any atom is -0.434 e. The van der Waals surface area contributed by atoms with Gasteiger partial charge in [0.1, 0.15) is 5.75 Å². The topological polar surface area (TPSA) is 64.1 Å². The van der Waals surface area contributed by atoms with Crippen LogP contribution in [0.3, 0.4) is 0 Å². The summed E-state index contributed by atoms with van der Waals surface area (Å²) in [6.07, 6.45) is 2.01. The summed E-state index contributed by atoms with van der Waals surface area (Å²) < 4.78 is 40.4. The SMILES string of the molecule is CCNC(=NCc1ccccc1OC(F)F)NCCCOC1CCOC1.I. The van der Waals surface area contributed by atoms with Gasteiger partial charge in [0.05, 0.1) is 19.3 Å². The Kier molecular flexibility index (Phi) is 12.3. The molecule has 154 valence electrons. The zero-order valence-electron chi connectivity index (χ0n) is 15.5. The van der Waals surface area contributed by atoms with E-state index < -0.39 is 6.61 Å². The van der Waals surface area contributed by atoms with E-state index >= 15 is 0 Å². The highest BCUT2D eigenvalue weighted by molar-refractivity contribution is 14.0. The Morgan fingerprint density at radius 1 is 1.33 bits per heavy atom. The molecular formula is C18H28F2IN3O3. The van der Waals surface area contributed by atoms with Crippen molar-refractivity contribution < 1.29 is 23.0 Å². The van der Waals surface area contributed by atoms with Gasteiger partial charge >= 0.3 is 6.61 Å². The van der Waals surface area contributed by atoms with E-state index in [9.17, 15) is 8.78 Å². The van der Waals surface area contributed by atoms with Gasteiger partial charge < -0.3 is 24.8 Å². The van der Waals surface area contributed by atoms with Crippen LogP contribution in [0.25, 0.3) is 0 Å². The molecule has 1 aliphatic rings. The van der Waals surface area contributed by atoms with Crippen LogP contribution in [0.2, 0.25) is 0 Å². The van der Waals surface area contributed by atoms with Gasteiger partial charge in [0.2, 0.25) is 0 Å². The monoisotopic (exact) mass is 499 g/mol. The van der Waals surface area contributed by atoms with Gasteiger partial charge in [0.25, 0.3) is 0 Å². The fourth-order valence-corrected chi connectivity index (χ4v) is 2.52. The zero-order valence-corrected chi connectivity index (χ0v) is 17.8. The first-order valence-corrected chi connectivity index (χ1v) is 8.93. The number of halogens is 3. The van der Waals surface area contributed by atoms with Crippen LogP contribution >= 0.6 is 24.0 Å². The normalized spacial score (nSPS) is 16.9. The number of nitrogens with one attached hydrogen (secondary N) is 2.